The summed E-state index contributed by atoms with van der Waals surface area (Å²) in [5, 5.41) is 11.3. The van der Waals surface area contributed by atoms with Crippen LogP contribution in [0.3, 0.4) is 0 Å². The van der Waals surface area contributed by atoms with Crippen molar-refractivity contribution < 1.29 is 14.6 Å². The molecule has 0 heterocycles. The van der Waals surface area contributed by atoms with Gasteiger partial charge in [0.25, 0.3) is 5.91 Å². The van der Waals surface area contributed by atoms with E-state index in [4.69, 9.17) is 9.84 Å². The summed E-state index contributed by atoms with van der Waals surface area (Å²) >= 11 is 0. The Morgan fingerprint density at radius 1 is 1.41 bits per heavy atom. The van der Waals surface area contributed by atoms with Gasteiger partial charge < -0.3 is 15.2 Å². The molecule has 1 aromatic carbocycles. The van der Waals surface area contributed by atoms with Crippen LogP contribution < -0.4 is 5.32 Å². The number of aliphatic hydroxyl groups is 1. The van der Waals surface area contributed by atoms with Gasteiger partial charge in [0.05, 0.1) is 6.61 Å². The van der Waals surface area contributed by atoms with Gasteiger partial charge in [-0.05, 0) is 24.3 Å². The molecule has 4 heteroatoms. The van der Waals surface area contributed by atoms with Crippen LogP contribution in [0.25, 0.3) is 0 Å². The van der Waals surface area contributed by atoms with Crippen molar-refractivity contribution in [1.29, 1.82) is 0 Å². The molecule has 0 unspecified atom stereocenters. The predicted octanol–water partition coefficient (Wildman–Crippen LogP) is 0.407. The molecule has 0 saturated carbocycles. The van der Waals surface area contributed by atoms with E-state index in [0.717, 1.165) is 5.56 Å². The Morgan fingerprint density at radius 3 is 2.71 bits per heavy atom. The van der Waals surface area contributed by atoms with E-state index >= 15 is 0 Å². The number of aliphatic hydroxyl groups excluding tert-OH is 1. The van der Waals surface area contributed by atoms with E-state index in [1.165, 1.54) is 0 Å². The molecule has 0 radical (unpaired) electrons. The highest BCUT2D eigenvalue weighted by Gasteiger charge is 2.03. The van der Waals surface area contributed by atoms with Crippen LogP contribution >= 0.6 is 0 Å². The molecule has 0 saturated heterocycles. The fourth-order valence-corrected chi connectivity index (χ4v) is 1.22. The number of hydrogen-bond donors (Lipinski definition) is 2. The normalized spacial score (nSPS) is 9.29. The van der Waals surface area contributed by atoms with Crippen LogP contribution in [-0.2, 0) is 4.74 Å². The molecular formula is C13H15NO3. The van der Waals surface area contributed by atoms with Crippen LogP contribution in [-0.4, -0.2) is 37.9 Å². The lowest BCUT2D eigenvalue weighted by atomic mass is 10.1. The molecule has 1 amide bonds. The van der Waals surface area contributed by atoms with Crippen LogP contribution in [0, 0.1) is 11.8 Å². The van der Waals surface area contributed by atoms with Crippen LogP contribution in [0.1, 0.15) is 15.9 Å². The summed E-state index contributed by atoms with van der Waals surface area (Å²) in [7, 11) is 1.58. The van der Waals surface area contributed by atoms with E-state index in [1.54, 1.807) is 31.4 Å². The number of nitrogens with one attached hydrogen (secondary N) is 1. The molecule has 1 rings (SSSR count). The molecule has 1 aromatic rings. The van der Waals surface area contributed by atoms with E-state index < -0.39 is 0 Å². The lowest BCUT2D eigenvalue weighted by Gasteiger charge is -2.04. The standard InChI is InChI=1S/C13H15NO3/c1-17-10-8-14-13(16)12-6-4-11(5-7-12)3-2-9-15/h4-7,15H,8-10H2,1H3,(H,14,16). The van der Waals surface area contributed by atoms with Crippen molar-refractivity contribution in [2.24, 2.45) is 0 Å². The van der Waals surface area contributed by atoms with Gasteiger partial charge in [-0.2, -0.15) is 0 Å². The first-order chi connectivity index (χ1) is 8.27. The number of amides is 1. The Bertz CT molecular complexity index is 415. The summed E-state index contributed by atoms with van der Waals surface area (Å²) in [5.74, 6) is 5.17. The van der Waals surface area contributed by atoms with Crippen LogP contribution in [0.5, 0.6) is 0 Å². The van der Waals surface area contributed by atoms with Gasteiger partial charge in [0, 0.05) is 24.8 Å². The second kappa shape index (κ2) is 7.44. The molecule has 17 heavy (non-hydrogen) atoms. The van der Waals surface area contributed by atoms with Crippen molar-refractivity contribution in [2.45, 2.75) is 0 Å². The number of ether oxygens (including phenoxy) is 1. The minimum atomic E-state index is -0.167. The number of hydrogen-bond acceptors (Lipinski definition) is 3. The van der Waals surface area contributed by atoms with E-state index in [2.05, 4.69) is 17.2 Å². The Balaban J connectivity index is 2.57. The smallest absolute Gasteiger partial charge is 0.251 e. The summed E-state index contributed by atoms with van der Waals surface area (Å²) in [5.41, 5.74) is 1.35. The number of carbonyl (C=O) groups is 1. The average Bonchev–Trinajstić information content (AvgIpc) is 2.37. The summed E-state index contributed by atoms with van der Waals surface area (Å²) in [4.78, 5) is 11.6. The van der Waals surface area contributed by atoms with E-state index in [0.29, 0.717) is 18.7 Å². The first-order valence-corrected chi connectivity index (χ1v) is 5.25. The molecule has 0 atom stereocenters. The monoisotopic (exact) mass is 233 g/mol. The van der Waals surface area contributed by atoms with E-state index in [9.17, 15) is 4.79 Å². The minimum Gasteiger partial charge on any atom is -0.384 e. The number of carbonyl (C=O) groups excluding carboxylic acids is 1. The van der Waals surface area contributed by atoms with Crippen molar-refractivity contribution in [3.63, 3.8) is 0 Å². The fraction of sp³-hybridized carbons (Fsp3) is 0.308. The van der Waals surface area contributed by atoms with Gasteiger partial charge in [0.1, 0.15) is 6.61 Å². The molecule has 2 N–H and O–H groups in total. The third-order valence-electron chi connectivity index (χ3n) is 2.05. The molecule has 0 aliphatic rings. The number of methoxy groups -OCH3 is 1. The summed E-state index contributed by atoms with van der Waals surface area (Å²) in [6, 6.07) is 6.88. The van der Waals surface area contributed by atoms with E-state index in [-0.39, 0.29) is 12.5 Å². The maximum absolute atomic E-state index is 11.6. The number of rotatable bonds is 4. The van der Waals surface area contributed by atoms with Gasteiger partial charge in [-0.1, -0.05) is 11.8 Å². The van der Waals surface area contributed by atoms with Gasteiger partial charge in [0.15, 0.2) is 0 Å². The summed E-state index contributed by atoms with van der Waals surface area (Å²) < 4.78 is 4.83. The SMILES string of the molecule is COCCNC(=O)c1ccc(C#CCO)cc1. The van der Waals surface area contributed by atoms with Crippen molar-refractivity contribution in [3.05, 3.63) is 35.4 Å². The number of benzene rings is 1. The lowest BCUT2D eigenvalue weighted by molar-refractivity contribution is 0.0937. The maximum Gasteiger partial charge on any atom is 0.251 e. The van der Waals surface area contributed by atoms with Crippen molar-refractivity contribution in [2.75, 3.05) is 26.9 Å². The molecule has 0 fully saturated rings. The van der Waals surface area contributed by atoms with Crippen molar-refractivity contribution in [3.8, 4) is 11.8 Å². The second-order valence-electron chi connectivity index (χ2n) is 3.29. The topological polar surface area (TPSA) is 58.6 Å². The van der Waals surface area contributed by atoms with Crippen molar-refractivity contribution in [1.82, 2.24) is 5.32 Å². The quantitative estimate of drug-likeness (QED) is 0.585. The molecule has 0 spiro atoms. The fourth-order valence-electron chi connectivity index (χ4n) is 1.22. The molecule has 0 aromatic heterocycles. The Hall–Kier alpha value is -1.83. The van der Waals surface area contributed by atoms with Crippen LogP contribution in [0.2, 0.25) is 0 Å². The first kappa shape index (κ1) is 13.2. The zero-order chi connectivity index (χ0) is 12.5. The largest absolute Gasteiger partial charge is 0.384 e. The zero-order valence-corrected chi connectivity index (χ0v) is 9.69. The third-order valence-corrected chi connectivity index (χ3v) is 2.05. The molecule has 4 nitrogen and oxygen atoms in total. The van der Waals surface area contributed by atoms with Gasteiger partial charge >= 0.3 is 0 Å². The maximum atomic E-state index is 11.6. The van der Waals surface area contributed by atoms with E-state index in [1.807, 2.05) is 0 Å². The summed E-state index contributed by atoms with van der Waals surface area (Å²) in [6.45, 7) is 0.812. The Morgan fingerprint density at radius 2 is 2.12 bits per heavy atom. The first-order valence-electron chi connectivity index (χ1n) is 5.25. The highest BCUT2D eigenvalue weighted by atomic mass is 16.5. The van der Waals surface area contributed by atoms with Gasteiger partial charge in [-0.25, -0.2) is 0 Å². The van der Waals surface area contributed by atoms with Gasteiger partial charge in [0.2, 0.25) is 0 Å². The average molecular weight is 233 g/mol. The summed E-state index contributed by atoms with van der Waals surface area (Å²) in [6.07, 6.45) is 0. The molecule has 90 valence electrons. The van der Waals surface area contributed by atoms with Gasteiger partial charge in [-0.15, -0.1) is 0 Å². The molecular weight excluding hydrogens is 218 g/mol. The predicted molar refractivity (Wildman–Crippen MR) is 64.6 cm³/mol. The zero-order valence-electron chi connectivity index (χ0n) is 9.69. The van der Waals surface area contributed by atoms with Crippen LogP contribution in [0.15, 0.2) is 24.3 Å². The molecule has 0 bridgehead atoms. The molecule has 0 aliphatic heterocycles. The van der Waals surface area contributed by atoms with Gasteiger partial charge in [-0.3, -0.25) is 4.79 Å². The van der Waals surface area contributed by atoms with Crippen LogP contribution in [0.4, 0.5) is 0 Å². The van der Waals surface area contributed by atoms with Crippen molar-refractivity contribution >= 4 is 5.91 Å². The third kappa shape index (κ3) is 4.68. The Kier molecular flexibility index (Phi) is 5.80. The minimum absolute atomic E-state index is 0.135. The highest BCUT2D eigenvalue weighted by Crippen LogP contribution is 2.03. The molecule has 0 aliphatic carbocycles. The second-order valence-corrected chi connectivity index (χ2v) is 3.29. The highest BCUT2D eigenvalue weighted by molar-refractivity contribution is 5.94. The lowest BCUT2D eigenvalue weighted by Crippen LogP contribution is -2.26. The Labute approximate surface area is 101 Å².